The summed E-state index contributed by atoms with van der Waals surface area (Å²) in [6.45, 7) is 1.96. The van der Waals surface area contributed by atoms with Crippen molar-refractivity contribution in [1.29, 1.82) is 5.26 Å². The first kappa shape index (κ1) is 11.6. The number of nitrogens with zero attached hydrogens (tertiary/aromatic N) is 1. The highest BCUT2D eigenvalue weighted by atomic mass is 28.2. The second-order valence-electron chi connectivity index (χ2n) is 2.91. The third kappa shape index (κ3) is 4.49. The molecule has 0 aromatic carbocycles. The van der Waals surface area contributed by atoms with E-state index in [0.717, 1.165) is 12.5 Å². The van der Waals surface area contributed by atoms with Crippen molar-refractivity contribution in [2.24, 2.45) is 0 Å². The molecular formula is C8H17NO2Si. The number of methoxy groups -OCH3 is 2. The van der Waals surface area contributed by atoms with Crippen molar-refractivity contribution >= 4 is 9.52 Å². The third-order valence-corrected chi connectivity index (χ3v) is 4.37. The summed E-state index contributed by atoms with van der Waals surface area (Å²) in [4.78, 5) is 0. The van der Waals surface area contributed by atoms with Gasteiger partial charge in [-0.3, -0.25) is 0 Å². The number of ether oxygens (including phenoxy) is 2. The quantitative estimate of drug-likeness (QED) is 0.351. The molecule has 0 aliphatic rings. The van der Waals surface area contributed by atoms with Crippen molar-refractivity contribution in [3.8, 4) is 6.07 Å². The highest BCUT2D eigenvalue weighted by molar-refractivity contribution is 6.38. The fourth-order valence-corrected chi connectivity index (χ4v) is 2.49. The van der Waals surface area contributed by atoms with Crippen LogP contribution in [0.2, 0.25) is 6.04 Å². The number of hydrogen-bond acceptors (Lipinski definition) is 3. The highest BCUT2D eigenvalue weighted by Gasteiger charge is 2.21. The maximum Gasteiger partial charge on any atom is 0.141 e. The molecular weight excluding hydrogens is 170 g/mol. The molecule has 0 N–H and O–H groups in total. The Morgan fingerprint density at radius 3 is 2.42 bits per heavy atom. The Hall–Kier alpha value is -0.373. The molecule has 0 aromatic heterocycles. The van der Waals surface area contributed by atoms with Crippen LogP contribution in [0, 0.1) is 11.3 Å². The standard InChI is InChI=1S/C8H17NO2Si/c1-8(10-2,11-3)12-7-5-4-6-9/h4-5,7,12H2,1-3H3. The van der Waals surface area contributed by atoms with E-state index in [1.807, 2.05) is 6.92 Å². The van der Waals surface area contributed by atoms with Gasteiger partial charge in [-0.15, -0.1) is 0 Å². The van der Waals surface area contributed by atoms with Crippen molar-refractivity contribution in [2.75, 3.05) is 14.2 Å². The van der Waals surface area contributed by atoms with E-state index in [2.05, 4.69) is 6.07 Å². The van der Waals surface area contributed by atoms with Gasteiger partial charge in [0.05, 0.1) is 15.6 Å². The Bertz CT molecular complexity index is 152. The molecule has 0 saturated carbocycles. The first-order valence-corrected chi connectivity index (χ1v) is 5.86. The van der Waals surface area contributed by atoms with Gasteiger partial charge in [-0.25, -0.2) is 0 Å². The molecule has 0 aromatic rings. The van der Waals surface area contributed by atoms with Crippen LogP contribution < -0.4 is 0 Å². The molecule has 0 aliphatic carbocycles. The number of hydrogen-bond donors (Lipinski definition) is 0. The molecule has 0 amide bonds. The van der Waals surface area contributed by atoms with Crippen molar-refractivity contribution in [3.05, 3.63) is 0 Å². The van der Waals surface area contributed by atoms with Gasteiger partial charge in [0.25, 0.3) is 0 Å². The van der Waals surface area contributed by atoms with Gasteiger partial charge in [0.1, 0.15) is 5.41 Å². The Kier molecular flexibility index (Phi) is 5.99. The Balaban J connectivity index is 3.53. The van der Waals surface area contributed by atoms with Gasteiger partial charge in [-0.2, -0.15) is 5.26 Å². The van der Waals surface area contributed by atoms with Gasteiger partial charge in [0, 0.05) is 20.6 Å². The van der Waals surface area contributed by atoms with E-state index in [1.54, 1.807) is 14.2 Å². The molecule has 0 heterocycles. The summed E-state index contributed by atoms with van der Waals surface area (Å²) < 4.78 is 10.4. The zero-order chi connectivity index (χ0) is 9.45. The van der Waals surface area contributed by atoms with Gasteiger partial charge in [0.2, 0.25) is 0 Å². The maximum atomic E-state index is 8.31. The minimum absolute atomic E-state index is 0.338. The van der Waals surface area contributed by atoms with Crippen LogP contribution in [-0.2, 0) is 9.47 Å². The molecule has 0 spiro atoms. The molecule has 0 fully saturated rings. The maximum absolute atomic E-state index is 8.31. The van der Waals surface area contributed by atoms with E-state index in [4.69, 9.17) is 14.7 Å². The Morgan fingerprint density at radius 1 is 1.42 bits per heavy atom. The van der Waals surface area contributed by atoms with Gasteiger partial charge in [-0.1, -0.05) is 6.04 Å². The number of rotatable bonds is 6. The van der Waals surface area contributed by atoms with Gasteiger partial charge in [0.15, 0.2) is 0 Å². The van der Waals surface area contributed by atoms with Crippen LogP contribution in [0.3, 0.4) is 0 Å². The summed E-state index contributed by atoms with van der Waals surface area (Å²) in [7, 11) is 2.95. The molecule has 3 nitrogen and oxygen atoms in total. The number of nitriles is 1. The molecule has 0 radical (unpaired) electrons. The molecule has 0 bridgehead atoms. The zero-order valence-corrected chi connectivity index (χ0v) is 9.51. The summed E-state index contributed by atoms with van der Waals surface area (Å²) >= 11 is 0. The van der Waals surface area contributed by atoms with Crippen molar-refractivity contribution in [3.63, 3.8) is 0 Å². The normalized spacial score (nSPS) is 12.2. The predicted molar refractivity (Wildman–Crippen MR) is 50.6 cm³/mol. The van der Waals surface area contributed by atoms with E-state index >= 15 is 0 Å². The monoisotopic (exact) mass is 187 g/mol. The van der Waals surface area contributed by atoms with Crippen LogP contribution in [0.1, 0.15) is 19.8 Å². The zero-order valence-electron chi connectivity index (χ0n) is 8.09. The molecule has 4 heteroatoms. The summed E-state index contributed by atoms with van der Waals surface area (Å²) in [5.74, 6) is 0. The lowest BCUT2D eigenvalue weighted by atomic mass is 10.4. The third-order valence-electron chi connectivity index (χ3n) is 2.03. The molecule has 0 rings (SSSR count). The molecule has 0 aliphatic heterocycles. The van der Waals surface area contributed by atoms with Gasteiger partial charge < -0.3 is 9.47 Å². The molecule has 0 unspecified atom stereocenters. The van der Waals surface area contributed by atoms with E-state index in [9.17, 15) is 0 Å². The first-order chi connectivity index (χ1) is 5.68. The van der Waals surface area contributed by atoms with E-state index < -0.39 is 0 Å². The Morgan fingerprint density at radius 2 is 2.00 bits per heavy atom. The van der Waals surface area contributed by atoms with Crippen LogP contribution in [0.4, 0.5) is 0 Å². The molecule has 12 heavy (non-hydrogen) atoms. The summed E-state index contributed by atoms with van der Waals surface area (Å²) in [5.41, 5.74) is -0.338. The lowest BCUT2D eigenvalue weighted by Gasteiger charge is -2.25. The summed E-state index contributed by atoms with van der Waals surface area (Å²) in [5, 5.41) is 8.31. The first-order valence-electron chi connectivity index (χ1n) is 4.16. The lowest BCUT2D eigenvalue weighted by Crippen LogP contribution is -2.36. The topological polar surface area (TPSA) is 42.2 Å². The summed E-state index contributed by atoms with van der Waals surface area (Å²) in [6, 6.07) is 3.23. The molecule has 0 atom stereocenters. The van der Waals surface area contributed by atoms with E-state index in [1.165, 1.54) is 0 Å². The minimum atomic E-state index is -0.387. The van der Waals surface area contributed by atoms with Crippen LogP contribution in [0.15, 0.2) is 0 Å². The van der Waals surface area contributed by atoms with Gasteiger partial charge in [-0.05, 0) is 13.3 Å². The molecule has 70 valence electrons. The van der Waals surface area contributed by atoms with Crippen molar-refractivity contribution < 1.29 is 9.47 Å². The second kappa shape index (κ2) is 6.18. The fraction of sp³-hybridized carbons (Fsp3) is 0.875. The minimum Gasteiger partial charge on any atom is -0.358 e. The largest absolute Gasteiger partial charge is 0.358 e. The highest BCUT2D eigenvalue weighted by Crippen LogP contribution is 2.11. The van der Waals surface area contributed by atoms with Crippen LogP contribution >= 0.6 is 0 Å². The summed E-state index contributed by atoms with van der Waals surface area (Å²) in [6.07, 6.45) is 1.63. The average Bonchev–Trinajstić information content (AvgIpc) is 2.12. The number of unbranched alkanes of at least 4 members (excludes halogenated alkanes) is 1. The van der Waals surface area contributed by atoms with Crippen LogP contribution in [-0.4, -0.2) is 29.1 Å². The van der Waals surface area contributed by atoms with E-state index in [-0.39, 0.29) is 14.9 Å². The Labute approximate surface area is 76.5 Å². The van der Waals surface area contributed by atoms with Crippen LogP contribution in [0.25, 0.3) is 0 Å². The van der Waals surface area contributed by atoms with Crippen molar-refractivity contribution in [1.82, 2.24) is 0 Å². The second-order valence-corrected chi connectivity index (χ2v) is 5.40. The SMILES string of the molecule is COC(C)(OC)[SiH2]CCCC#N. The predicted octanol–water partition coefficient (Wildman–Crippen LogP) is 0.844. The van der Waals surface area contributed by atoms with Crippen molar-refractivity contribution in [2.45, 2.75) is 31.2 Å². The smallest absolute Gasteiger partial charge is 0.141 e. The average molecular weight is 187 g/mol. The fourth-order valence-electron chi connectivity index (χ4n) is 0.938. The lowest BCUT2D eigenvalue weighted by molar-refractivity contribution is -0.130. The molecule has 0 saturated heterocycles. The van der Waals surface area contributed by atoms with Gasteiger partial charge >= 0.3 is 0 Å². The van der Waals surface area contributed by atoms with Crippen LogP contribution in [0.5, 0.6) is 0 Å². The van der Waals surface area contributed by atoms with E-state index in [0.29, 0.717) is 6.42 Å².